The molecule has 0 amide bonds. The van der Waals surface area contributed by atoms with Crippen molar-refractivity contribution >= 4 is 38.4 Å². The molecule has 38 valence electrons. The van der Waals surface area contributed by atoms with Gasteiger partial charge in [-0.05, 0) is 6.54 Å². The van der Waals surface area contributed by atoms with Crippen molar-refractivity contribution in [2.75, 3.05) is 6.54 Å². The van der Waals surface area contributed by atoms with Crippen molar-refractivity contribution in [2.24, 2.45) is 5.73 Å². The summed E-state index contributed by atoms with van der Waals surface area (Å²) in [6, 6.07) is 0. The molecule has 0 fully saturated rings. The molecule has 0 aliphatic heterocycles. The standard InChI is InChI=1S/C2H7N.2ClH.Pb/c1-2-3;;;/h2-3H2,1H3;2*1H;/q;;;+2/p-2. The fourth-order valence-corrected chi connectivity index (χ4v) is 0. The molecule has 2 radical (unpaired) electrons. The molecule has 0 heterocycles. The molecule has 0 atom stereocenters. The zero-order valence-electron chi connectivity index (χ0n) is 3.54. The predicted octanol–water partition coefficient (Wildman–Crippen LogP) is 0.963. The number of rotatable bonds is 0. The number of hydrogen-bond donors (Lipinski definition) is 1. The van der Waals surface area contributed by atoms with Crippen LogP contribution in [-0.4, -0.2) is 28.3 Å². The zero-order chi connectivity index (χ0) is 5.41. The quantitative estimate of drug-likeness (QED) is 0.661. The third kappa shape index (κ3) is 50.9. The van der Waals surface area contributed by atoms with Crippen molar-refractivity contribution in [1.82, 2.24) is 0 Å². The van der Waals surface area contributed by atoms with Crippen LogP contribution in [0.1, 0.15) is 6.92 Å². The first kappa shape index (κ1) is 10.4. The average molecular weight is 323 g/mol. The Morgan fingerprint density at radius 2 is 1.67 bits per heavy atom. The predicted molar refractivity (Wildman–Crippen MR) is 32.2 cm³/mol. The fourth-order valence-electron chi connectivity index (χ4n) is 0. The van der Waals surface area contributed by atoms with Crippen molar-refractivity contribution in [3.05, 3.63) is 0 Å². The van der Waals surface area contributed by atoms with Gasteiger partial charge in [-0.1, -0.05) is 6.92 Å². The molecule has 0 saturated heterocycles. The summed E-state index contributed by atoms with van der Waals surface area (Å²) in [5.74, 6) is 0. The second kappa shape index (κ2) is 16.1. The first-order valence-electron chi connectivity index (χ1n) is 1.49. The van der Waals surface area contributed by atoms with Gasteiger partial charge in [-0.3, -0.25) is 0 Å². The van der Waals surface area contributed by atoms with E-state index in [1.807, 2.05) is 6.92 Å². The van der Waals surface area contributed by atoms with Crippen molar-refractivity contribution < 1.29 is 0 Å². The Morgan fingerprint density at radius 3 is 1.67 bits per heavy atom. The molecule has 0 aromatic rings. The second-order valence-electron chi connectivity index (χ2n) is 0.480. The van der Waals surface area contributed by atoms with Crippen molar-refractivity contribution in [3.8, 4) is 0 Å². The Bertz CT molecular complexity index is 13.5. The van der Waals surface area contributed by atoms with Gasteiger partial charge in [0, 0.05) is 0 Å². The van der Waals surface area contributed by atoms with E-state index in [0.717, 1.165) is 6.54 Å². The van der Waals surface area contributed by atoms with Gasteiger partial charge in [0.2, 0.25) is 0 Å². The van der Waals surface area contributed by atoms with Gasteiger partial charge >= 0.3 is 38.4 Å². The van der Waals surface area contributed by atoms with Crippen LogP contribution < -0.4 is 5.73 Å². The second-order valence-corrected chi connectivity index (χ2v) is 6.05. The van der Waals surface area contributed by atoms with Crippen LogP contribution in [0, 0.1) is 0 Å². The first-order chi connectivity index (χ1) is 2.83. The number of hydrogen-bond acceptors (Lipinski definition) is 1. The molecular weight excluding hydrogens is 316 g/mol. The molecule has 0 unspecified atom stereocenters. The summed E-state index contributed by atoms with van der Waals surface area (Å²) >= 11 is -0.972. The minimum absolute atomic E-state index is 0.750. The maximum absolute atomic E-state index is 4.96. The molecule has 0 aromatic heterocycles. The third-order valence-corrected chi connectivity index (χ3v) is 0. The Hall–Kier alpha value is 1.46. The van der Waals surface area contributed by atoms with E-state index >= 15 is 0 Å². The molecule has 1 nitrogen and oxygen atoms in total. The van der Waals surface area contributed by atoms with E-state index < -0.39 is 21.8 Å². The Labute approximate surface area is 57.3 Å². The van der Waals surface area contributed by atoms with E-state index in [1.54, 1.807) is 0 Å². The summed E-state index contributed by atoms with van der Waals surface area (Å²) in [7, 11) is 9.92. The number of halogens is 2. The van der Waals surface area contributed by atoms with Crippen LogP contribution in [-0.2, 0) is 0 Å². The van der Waals surface area contributed by atoms with Gasteiger partial charge in [-0.2, -0.15) is 0 Å². The molecule has 0 bridgehead atoms. The summed E-state index contributed by atoms with van der Waals surface area (Å²) in [5.41, 5.74) is 4.85. The van der Waals surface area contributed by atoms with E-state index in [9.17, 15) is 0 Å². The minimum atomic E-state index is -0.972. The van der Waals surface area contributed by atoms with E-state index in [4.69, 9.17) is 22.4 Å². The number of nitrogens with two attached hydrogens (primary N) is 1. The van der Waals surface area contributed by atoms with Gasteiger partial charge in [0.25, 0.3) is 0 Å². The zero-order valence-corrected chi connectivity index (χ0v) is 8.94. The van der Waals surface area contributed by atoms with Crippen molar-refractivity contribution in [1.29, 1.82) is 0 Å². The summed E-state index contributed by atoms with van der Waals surface area (Å²) in [6.07, 6.45) is 0. The van der Waals surface area contributed by atoms with E-state index in [-0.39, 0.29) is 0 Å². The van der Waals surface area contributed by atoms with Gasteiger partial charge in [-0.25, -0.2) is 0 Å². The molecule has 6 heavy (non-hydrogen) atoms. The third-order valence-electron chi connectivity index (χ3n) is 0. The van der Waals surface area contributed by atoms with Gasteiger partial charge in [-0.15, -0.1) is 0 Å². The van der Waals surface area contributed by atoms with Crippen LogP contribution in [0.2, 0.25) is 0 Å². The summed E-state index contributed by atoms with van der Waals surface area (Å²) in [6.45, 7) is 2.65. The molecule has 2 N–H and O–H groups in total. The average Bonchev–Trinajstić information content (AvgIpc) is 1.39. The molecule has 0 aliphatic carbocycles. The maximum atomic E-state index is 4.96. The van der Waals surface area contributed by atoms with Gasteiger partial charge in [0.1, 0.15) is 0 Å². The van der Waals surface area contributed by atoms with Crippen molar-refractivity contribution in [2.45, 2.75) is 6.92 Å². The fraction of sp³-hybridized carbons (Fsp3) is 1.00. The molecular formula is C2H7Cl2NPb. The molecule has 0 aliphatic rings. The molecule has 0 saturated carbocycles. The Balaban J connectivity index is 0. The molecule has 0 rings (SSSR count). The van der Waals surface area contributed by atoms with Crippen LogP contribution in [0.3, 0.4) is 0 Å². The SMILES string of the molecule is CCN.[Cl][Pb][Cl]. The molecule has 0 spiro atoms. The van der Waals surface area contributed by atoms with Crippen LogP contribution in [0.15, 0.2) is 0 Å². The van der Waals surface area contributed by atoms with E-state index in [0.29, 0.717) is 0 Å². The van der Waals surface area contributed by atoms with Gasteiger partial charge < -0.3 is 5.73 Å². The summed E-state index contributed by atoms with van der Waals surface area (Å²) in [4.78, 5) is 0. The molecule has 4 heteroatoms. The van der Waals surface area contributed by atoms with Crippen LogP contribution in [0.25, 0.3) is 0 Å². The van der Waals surface area contributed by atoms with Crippen LogP contribution >= 0.6 is 16.6 Å². The van der Waals surface area contributed by atoms with E-state index in [1.165, 1.54) is 0 Å². The van der Waals surface area contributed by atoms with Crippen LogP contribution in [0.4, 0.5) is 0 Å². The Kier molecular flexibility index (Phi) is 28.0. The monoisotopic (exact) mass is 323 g/mol. The van der Waals surface area contributed by atoms with Crippen LogP contribution in [0.5, 0.6) is 0 Å². The normalized spacial score (nSPS) is 6.00. The Morgan fingerprint density at radius 1 is 1.67 bits per heavy atom. The van der Waals surface area contributed by atoms with Crippen molar-refractivity contribution in [3.63, 3.8) is 0 Å². The van der Waals surface area contributed by atoms with Gasteiger partial charge in [0.15, 0.2) is 0 Å². The summed E-state index contributed by atoms with van der Waals surface area (Å²) < 4.78 is 0. The summed E-state index contributed by atoms with van der Waals surface area (Å²) in [5, 5.41) is 0. The van der Waals surface area contributed by atoms with E-state index in [2.05, 4.69) is 0 Å². The first-order valence-corrected chi connectivity index (χ1v) is 11.1. The topological polar surface area (TPSA) is 26.0 Å². The molecule has 0 aromatic carbocycles. The van der Waals surface area contributed by atoms with Gasteiger partial charge in [0.05, 0.1) is 0 Å².